The zero-order chi connectivity index (χ0) is 9.52. The van der Waals surface area contributed by atoms with Gasteiger partial charge in [0.1, 0.15) is 0 Å². The number of nitrogens with zero attached hydrogens (tertiary/aromatic N) is 2. The van der Waals surface area contributed by atoms with Crippen LogP contribution in [0.25, 0.3) is 0 Å². The summed E-state index contributed by atoms with van der Waals surface area (Å²) in [5, 5.41) is 7.54. The van der Waals surface area contributed by atoms with E-state index in [1.165, 1.54) is 18.5 Å². The van der Waals surface area contributed by atoms with E-state index < -0.39 is 0 Å². The van der Waals surface area contributed by atoms with Crippen molar-refractivity contribution in [2.24, 2.45) is 0 Å². The topological polar surface area (TPSA) is 29.9 Å². The molecule has 1 heterocycles. The number of rotatable bonds is 6. The monoisotopic (exact) mass is 181 g/mol. The van der Waals surface area contributed by atoms with Crippen molar-refractivity contribution in [1.82, 2.24) is 15.1 Å². The Morgan fingerprint density at radius 3 is 2.92 bits per heavy atom. The Hall–Kier alpha value is -0.830. The first kappa shape index (κ1) is 10.3. The van der Waals surface area contributed by atoms with Crippen LogP contribution in [0, 0.1) is 6.92 Å². The summed E-state index contributed by atoms with van der Waals surface area (Å²) in [5.41, 5.74) is 1.25. The van der Waals surface area contributed by atoms with Gasteiger partial charge in [0.15, 0.2) is 0 Å². The van der Waals surface area contributed by atoms with Crippen molar-refractivity contribution < 1.29 is 0 Å². The van der Waals surface area contributed by atoms with Gasteiger partial charge in [-0.1, -0.05) is 6.92 Å². The molecular formula is C10H19N3. The van der Waals surface area contributed by atoms with Crippen LogP contribution in [0.15, 0.2) is 12.3 Å². The predicted molar refractivity (Wildman–Crippen MR) is 54.7 cm³/mol. The summed E-state index contributed by atoms with van der Waals surface area (Å²) >= 11 is 0. The van der Waals surface area contributed by atoms with Gasteiger partial charge in [-0.3, -0.25) is 4.68 Å². The van der Waals surface area contributed by atoms with Crippen LogP contribution in [0.2, 0.25) is 0 Å². The van der Waals surface area contributed by atoms with Crippen molar-refractivity contribution in [1.29, 1.82) is 0 Å². The number of unbranched alkanes of at least 4 members (excludes halogenated alkanes) is 1. The molecule has 3 nitrogen and oxygen atoms in total. The molecule has 3 heteroatoms. The lowest BCUT2D eigenvalue weighted by atomic mass is 10.3. The minimum absolute atomic E-state index is 1.05. The Morgan fingerprint density at radius 2 is 2.31 bits per heavy atom. The highest BCUT2D eigenvalue weighted by Crippen LogP contribution is 1.98. The van der Waals surface area contributed by atoms with Gasteiger partial charge in [0, 0.05) is 18.4 Å². The van der Waals surface area contributed by atoms with Crippen LogP contribution in [-0.4, -0.2) is 22.9 Å². The quantitative estimate of drug-likeness (QED) is 0.675. The van der Waals surface area contributed by atoms with Crippen LogP contribution < -0.4 is 5.32 Å². The van der Waals surface area contributed by atoms with Crippen molar-refractivity contribution >= 4 is 0 Å². The molecule has 0 saturated heterocycles. The molecule has 1 aromatic rings. The number of aromatic nitrogens is 2. The van der Waals surface area contributed by atoms with Gasteiger partial charge in [-0.15, -0.1) is 0 Å². The molecule has 74 valence electrons. The van der Waals surface area contributed by atoms with Gasteiger partial charge >= 0.3 is 0 Å². The minimum Gasteiger partial charge on any atom is -0.317 e. The summed E-state index contributed by atoms with van der Waals surface area (Å²) in [7, 11) is 0. The summed E-state index contributed by atoms with van der Waals surface area (Å²) < 4.78 is 2.06. The Bertz CT molecular complexity index is 230. The maximum Gasteiger partial charge on any atom is 0.0492 e. The average Bonchev–Trinajstić information content (AvgIpc) is 2.52. The molecule has 1 aromatic heterocycles. The fourth-order valence-electron chi connectivity index (χ4n) is 1.32. The molecule has 0 fully saturated rings. The minimum atomic E-state index is 1.05. The van der Waals surface area contributed by atoms with Crippen LogP contribution in [0.3, 0.4) is 0 Å². The van der Waals surface area contributed by atoms with Crippen LogP contribution in [0.5, 0.6) is 0 Å². The van der Waals surface area contributed by atoms with Crippen molar-refractivity contribution in [2.75, 3.05) is 13.1 Å². The highest BCUT2D eigenvalue weighted by atomic mass is 15.3. The third kappa shape index (κ3) is 3.59. The lowest BCUT2D eigenvalue weighted by Crippen LogP contribution is -2.14. The van der Waals surface area contributed by atoms with Crippen LogP contribution in [0.1, 0.15) is 25.5 Å². The van der Waals surface area contributed by atoms with E-state index in [-0.39, 0.29) is 0 Å². The number of nitrogens with one attached hydrogen (secondary N) is 1. The second-order valence-corrected chi connectivity index (χ2v) is 3.26. The molecule has 0 unspecified atom stereocenters. The van der Waals surface area contributed by atoms with E-state index in [9.17, 15) is 0 Å². The van der Waals surface area contributed by atoms with Crippen LogP contribution in [-0.2, 0) is 6.54 Å². The van der Waals surface area contributed by atoms with Gasteiger partial charge in [0.2, 0.25) is 0 Å². The summed E-state index contributed by atoms with van der Waals surface area (Å²) in [5.74, 6) is 0. The van der Waals surface area contributed by atoms with E-state index >= 15 is 0 Å². The standard InChI is InChI=1S/C10H19N3/c1-3-11-7-4-5-9-13-10(2)6-8-12-13/h6,8,11H,3-5,7,9H2,1-2H3. The zero-order valence-electron chi connectivity index (χ0n) is 8.58. The lowest BCUT2D eigenvalue weighted by molar-refractivity contribution is 0.531. The third-order valence-corrected chi connectivity index (χ3v) is 2.15. The summed E-state index contributed by atoms with van der Waals surface area (Å²) in [6, 6.07) is 2.05. The van der Waals surface area contributed by atoms with Gasteiger partial charge < -0.3 is 5.32 Å². The Kier molecular flexibility index (Phi) is 4.54. The fraction of sp³-hybridized carbons (Fsp3) is 0.700. The van der Waals surface area contributed by atoms with Gasteiger partial charge in [-0.25, -0.2) is 0 Å². The largest absolute Gasteiger partial charge is 0.317 e. The molecule has 0 spiro atoms. The predicted octanol–water partition coefficient (Wildman–Crippen LogP) is 1.58. The molecule has 0 aliphatic rings. The van der Waals surface area contributed by atoms with Crippen molar-refractivity contribution in [3.63, 3.8) is 0 Å². The lowest BCUT2D eigenvalue weighted by Gasteiger charge is -2.04. The molecule has 0 aromatic carbocycles. The number of hydrogen-bond acceptors (Lipinski definition) is 2. The van der Waals surface area contributed by atoms with E-state index in [1.807, 2.05) is 12.3 Å². The molecule has 0 aliphatic heterocycles. The van der Waals surface area contributed by atoms with Crippen molar-refractivity contribution in [2.45, 2.75) is 33.2 Å². The molecule has 1 rings (SSSR count). The number of hydrogen-bond donors (Lipinski definition) is 1. The molecule has 1 N–H and O–H groups in total. The SMILES string of the molecule is CCNCCCCn1nccc1C. The molecule has 0 aliphatic carbocycles. The first-order chi connectivity index (χ1) is 6.34. The number of aryl methyl sites for hydroxylation is 2. The third-order valence-electron chi connectivity index (χ3n) is 2.15. The second-order valence-electron chi connectivity index (χ2n) is 3.26. The van der Waals surface area contributed by atoms with Crippen LogP contribution in [0.4, 0.5) is 0 Å². The Morgan fingerprint density at radius 1 is 1.46 bits per heavy atom. The van der Waals surface area contributed by atoms with Crippen molar-refractivity contribution in [3.05, 3.63) is 18.0 Å². The Balaban J connectivity index is 2.10. The maximum atomic E-state index is 4.23. The average molecular weight is 181 g/mol. The summed E-state index contributed by atoms with van der Waals surface area (Å²) in [6.07, 6.45) is 4.29. The van der Waals surface area contributed by atoms with Gasteiger partial charge in [-0.05, 0) is 38.9 Å². The Labute approximate surface area is 80.1 Å². The van der Waals surface area contributed by atoms with Crippen LogP contribution >= 0.6 is 0 Å². The molecule has 0 bridgehead atoms. The van der Waals surface area contributed by atoms with E-state index in [0.717, 1.165) is 19.6 Å². The zero-order valence-corrected chi connectivity index (χ0v) is 8.58. The maximum absolute atomic E-state index is 4.23. The normalized spacial score (nSPS) is 10.6. The molecule has 0 saturated carbocycles. The van der Waals surface area contributed by atoms with E-state index in [1.54, 1.807) is 0 Å². The van der Waals surface area contributed by atoms with E-state index in [0.29, 0.717) is 0 Å². The van der Waals surface area contributed by atoms with E-state index in [2.05, 4.69) is 28.9 Å². The van der Waals surface area contributed by atoms with Gasteiger partial charge in [0.25, 0.3) is 0 Å². The van der Waals surface area contributed by atoms with Crippen molar-refractivity contribution in [3.8, 4) is 0 Å². The highest BCUT2D eigenvalue weighted by molar-refractivity contribution is 4.96. The van der Waals surface area contributed by atoms with Gasteiger partial charge in [-0.2, -0.15) is 5.10 Å². The molecule has 13 heavy (non-hydrogen) atoms. The molecule has 0 atom stereocenters. The molecule has 0 radical (unpaired) electrons. The highest BCUT2D eigenvalue weighted by Gasteiger charge is 1.95. The molecule has 0 amide bonds. The van der Waals surface area contributed by atoms with Gasteiger partial charge in [0.05, 0.1) is 0 Å². The fourth-order valence-corrected chi connectivity index (χ4v) is 1.32. The smallest absolute Gasteiger partial charge is 0.0492 e. The van der Waals surface area contributed by atoms with E-state index in [4.69, 9.17) is 0 Å². The summed E-state index contributed by atoms with van der Waals surface area (Å²) in [6.45, 7) is 7.47. The molecular weight excluding hydrogens is 162 g/mol. The second kappa shape index (κ2) is 5.75. The summed E-state index contributed by atoms with van der Waals surface area (Å²) in [4.78, 5) is 0. The first-order valence-corrected chi connectivity index (χ1v) is 5.03. The first-order valence-electron chi connectivity index (χ1n) is 5.03.